The Kier molecular flexibility index (Phi) is 2.85. The molecule has 1 aliphatic carbocycles. The molecule has 2 nitrogen and oxygen atoms in total. The van der Waals surface area contributed by atoms with E-state index in [2.05, 4.69) is 41.0 Å². The monoisotopic (exact) mass is 272 g/mol. The van der Waals surface area contributed by atoms with Crippen LogP contribution in [0.2, 0.25) is 0 Å². The van der Waals surface area contributed by atoms with Crippen molar-refractivity contribution in [1.29, 1.82) is 0 Å². The second-order valence-corrected chi connectivity index (χ2v) is 6.88. The molecule has 0 saturated carbocycles. The first-order chi connectivity index (χ1) is 9.36. The summed E-state index contributed by atoms with van der Waals surface area (Å²) in [5.41, 5.74) is 4.39. The number of hydrogen-bond acceptors (Lipinski definition) is 2. The summed E-state index contributed by atoms with van der Waals surface area (Å²) in [6, 6.07) is 7.41. The van der Waals surface area contributed by atoms with Gasteiger partial charge in [0.2, 0.25) is 0 Å². The fourth-order valence-electron chi connectivity index (χ4n) is 3.98. The largest absolute Gasteiger partial charge is 0.361 e. The highest BCUT2D eigenvalue weighted by Crippen LogP contribution is 2.42. The van der Waals surface area contributed by atoms with E-state index in [9.17, 15) is 0 Å². The van der Waals surface area contributed by atoms with Crippen LogP contribution in [-0.4, -0.2) is 29.6 Å². The van der Waals surface area contributed by atoms with Gasteiger partial charge in [0.25, 0.3) is 0 Å². The van der Waals surface area contributed by atoms with E-state index in [4.69, 9.17) is 0 Å². The number of benzene rings is 1. The highest BCUT2D eigenvalue weighted by molar-refractivity contribution is 7.98. The van der Waals surface area contributed by atoms with E-state index in [1.165, 1.54) is 41.6 Å². The highest BCUT2D eigenvalue weighted by Gasteiger charge is 2.35. The van der Waals surface area contributed by atoms with Crippen LogP contribution in [0.1, 0.15) is 23.5 Å². The van der Waals surface area contributed by atoms with E-state index in [-0.39, 0.29) is 0 Å². The lowest BCUT2D eigenvalue weighted by Gasteiger charge is -2.40. The molecule has 19 heavy (non-hydrogen) atoms. The smallest absolute Gasteiger partial charge is 0.0459 e. The van der Waals surface area contributed by atoms with Gasteiger partial charge in [-0.05, 0) is 54.5 Å². The van der Waals surface area contributed by atoms with Gasteiger partial charge in [-0.3, -0.25) is 0 Å². The molecule has 1 aromatic heterocycles. The van der Waals surface area contributed by atoms with Crippen LogP contribution in [-0.2, 0) is 6.42 Å². The summed E-state index contributed by atoms with van der Waals surface area (Å²) in [5.74, 6) is 2.82. The molecule has 0 spiro atoms. The Bertz CT molecular complexity index is 604. The lowest BCUT2D eigenvalue weighted by atomic mass is 9.73. The molecule has 0 radical (unpaired) electrons. The number of nitrogens with one attached hydrogen (secondary N) is 2. The van der Waals surface area contributed by atoms with Crippen LogP contribution in [0, 0.1) is 5.92 Å². The Morgan fingerprint density at radius 1 is 1.37 bits per heavy atom. The zero-order valence-electron chi connectivity index (χ0n) is 11.3. The highest BCUT2D eigenvalue weighted by atomic mass is 32.2. The summed E-state index contributed by atoms with van der Waals surface area (Å²) in [4.78, 5) is 3.43. The van der Waals surface area contributed by atoms with Gasteiger partial charge in [0.15, 0.2) is 0 Å². The minimum Gasteiger partial charge on any atom is -0.361 e. The molecule has 2 heterocycles. The van der Waals surface area contributed by atoms with Crippen LogP contribution in [0.25, 0.3) is 10.9 Å². The minimum absolute atomic E-state index is 0.645. The maximum atomic E-state index is 3.80. The first-order valence-corrected chi connectivity index (χ1v) is 8.57. The summed E-state index contributed by atoms with van der Waals surface area (Å²) in [7, 11) is 0. The summed E-state index contributed by atoms with van der Waals surface area (Å²) >= 11 is 1.98. The Hall–Kier alpha value is -0.930. The molecular formula is C16H20N2S. The van der Waals surface area contributed by atoms with E-state index >= 15 is 0 Å². The molecule has 2 aromatic rings. The standard InChI is InChI=1S/C16H20N2S/c1-19-9-10-5-13-12-3-2-4-14-16(12)11(8-18-14)6-15(13)17-7-10/h2-4,8,10,13,15,17-18H,5-7,9H2,1H3/t10-,13?,15-/m1/s1. The van der Waals surface area contributed by atoms with E-state index in [0.29, 0.717) is 12.0 Å². The Morgan fingerprint density at radius 2 is 2.32 bits per heavy atom. The number of thioether (sulfide) groups is 1. The van der Waals surface area contributed by atoms with E-state index < -0.39 is 0 Å². The van der Waals surface area contributed by atoms with Crippen molar-refractivity contribution in [1.82, 2.24) is 10.3 Å². The van der Waals surface area contributed by atoms with Crippen molar-refractivity contribution in [3.63, 3.8) is 0 Å². The SMILES string of the molecule is CSC[C@H]1CN[C@@H]2Cc3c[nH]c4cccc(c34)C2C1. The molecular weight excluding hydrogens is 252 g/mol. The summed E-state index contributed by atoms with van der Waals surface area (Å²) < 4.78 is 0. The van der Waals surface area contributed by atoms with Gasteiger partial charge >= 0.3 is 0 Å². The molecule has 4 rings (SSSR count). The van der Waals surface area contributed by atoms with Crippen molar-refractivity contribution < 1.29 is 0 Å². The first kappa shape index (κ1) is 11.9. The van der Waals surface area contributed by atoms with Gasteiger partial charge in [-0.15, -0.1) is 0 Å². The van der Waals surface area contributed by atoms with Gasteiger partial charge in [-0.1, -0.05) is 12.1 Å². The number of aromatic nitrogens is 1. The number of H-pyrrole nitrogens is 1. The second kappa shape index (κ2) is 4.57. The van der Waals surface area contributed by atoms with Crippen molar-refractivity contribution in [3.8, 4) is 0 Å². The normalized spacial score (nSPS) is 29.4. The zero-order chi connectivity index (χ0) is 12.8. The number of piperidine rings is 1. The lowest BCUT2D eigenvalue weighted by molar-refractivity contribution is 0.286. The quantitative estimate of drug-likeness (QED) is 0.879. The van der Waals surface area contributed by atoms with Crippen LogP contribution < -0.4 is 5.32 Å². The summed E-state index contributed by atoms with van der Waals surface area (Å²) in [6.45, 7) is 1.19. The summed E-state index contributed by atoms with van der Waals surface area (Å²) in [6.07, 6.45) is 6.97. The fraction of sp³-hybridized carbons (Fsp3) is 0.500. The molecule has 100 valence electrons. The van der Waals surface area contributed by atoms with Crippen LogP contribution >= 0.6 is 11.8 Å². The lowest BCUT2D eigenvalue weighted by Crippen LogP contribution is -2.47. The predicted molar refractivity (Wildman–Crippen MR) is 83.0 cm³/mol. The van der Waals surface area contributed by atoms with Crippen LogP contribution in [0.5, 0.6) is 0 Å². The zero-order valence-corrected chi connectivity index (χ0v) is 12.1. The van der Waals surface area contributed by atoms with E-state index in [1.807, 2.05) is 11.8 Å². The number of fused-ring (bicyclic) bond motifs is 2. The molecule has 0 amide bonds. The molecule has 2 aliphatic rings. The van der Waals surface area contributed by atoms with Crippen molar-refractivity contribution >= 4 is 22.7 Å². The third-order valence-electron chi connectivity index (χ3n) is 4.80. The molecule has 1 saturated heterocycles. The average Bonchev–Trinajstić information content (AvgIpc) is 2.85. The maximum Gasteiger partial charge on any atom is 0.0459 e. The molecule has 2 N–H and O–H groups in total. The van der Waals surface area contributed by atoms with E-state index in [0.717, 1.165) is 5.92 Å². The molecule has 3 atom stereocenters. The van der Waals surface area contributed by atoms with Gasteiger partial charge in [0, 0.05) is 29.1 Å². The van der Waals surface area contributed by atoms with Crippen LogP contribution in [0.3, 0.4) is 0 Å². The van der Waals surface area contributed by atoms with Gasteiger partial charge in [0.1, 0.15) is 0 Å². The van der Waals surface area contributed by atoms with Gasteiger partial charge in [0.05, 0.1) is 0 Å². The predicted octanol–water partition coefficient (Wildman–Crippen LogP) is 3.15. The first-order valence-electron chi connectivity index (χ1n) is 7.18. The van der Waals surface area contributed by atoms with Crippen molar-refractivity contribution in [3.05, 3.63) is 35.5 Å². The van der Waals surface area contributed by atoms with Gasteiger partial charge in [-0.25, -0.2) is 0 Å². The third kappa shape index (κ3) is 1.83. The number of aromatic amines is 1. The molecule has 1 aliphatic heterocycles. The second-order valence-electron chi connectivity index (χ2n) is 5.97. The molecule has 1 fully saturated rings. The fourth-order valence-corrected chi connectivity index (χ4v) is 4.71. The third-order valence-corrected chi connectivity index (χ3v) is 5.61. The number of hydrogen-bond donors (Lipinski definition) is 2. The Balaban J connectivity index is 1.76. The van der Waals surface area contributed by atoms with Crippen molar-refractivity contribution in [2.24, 2.45) is 5.92 Å². The van der Waals surface area contributed by atoms with Crippen molar-refractivity contribution in [2.75, 3.05) is 18.6 Å². The Morgan fingerprint density at radius 3 is 3.21 bits per heavy atom. The summed E-state index contributed by atoms with van der Waals surface area (Å²) in [5, 5.41) is 5.31. The van der Waals surface area contributed by atoms with Gasteiger partial charge < -0.3 is 10.3 Å². The molecule has 0 bridgehead atoms. The van der Waals surface area contributed by atoms with E-state index in [1.54, 1.807) is 5.56 Å². The average molecular weight is 272 g/mol. The minimum atomic E-state index is 0.645. The van der Waals surface area contributed by atoms with Gasteiger partial charge in [-0.2, -0.15) is 11.8 Å². The van der Waals surface area contributed by atoms with Crippen LogP contribution in [0.15, 0.2) is 24.4 Å². The topological polar surface area (TPSA) is 27.8 Å². The number of rotatable bonds is 2. The molecule has 1 aromatic carbocycles. The maximum absolute atomic E-state index is 3.80. The molecule has 3 heteroatoms. The Labute approximate surface area is 118 Å². The molecule has 1 unspecified atom stereocenters. The van der Waals surface area contributed by atoms with Crippen molar-refractivity contribution in [2.45, 2.75) is 24.8 Å². The van der Waals surface area contributed by atoms with Crippen LogP contribution in [0.4, 0.5) is 0 Å².